The number of ether oxygens (including phenoxy) is 5. The van der Waals surface area contributed by atoms with Crippen LogP contribution >= 0.6 is 0 Å². The number of unbranched alkanes of at least 4 members (excludes halogenated alkanes) is 3. The second-order valence-corrected chi connectivity index (χ2v) is 10.8. The fourth-order valence-corrected chi connectivity index (χ4v) is 5.11. The molecule has 250 valence electrons. The number of aliphatic hydroxyl groups is 2. The topological polar surface area (TPSA) is 231 Å². The third-order valence-electron chi connectivity index (χ3n) is 7.43. The Morgan fingerprint density at radius 2 is 1.83 bits per heavy atom. The number of primary amides is 1. The first-order valence-electron chi connectivity index (χ1n) is 14.8. The van der Waals surface area contributed by atoms with E-state index in [4.69, 9.17) is 29.4 Å². The molecule has 2 aliphatic heterocycles. The number of carbonyl (C=O) groups is 3. The average molecular weight is 647 g/mol. The largest absolute Gasteiger partial charge is 0.456 e. The molecule has 1 unspecified atom stereocenters. The van der Waals surface area contributed by atoms with Gasteiger partial charge in [0.2, 0.25) is 12.2 Å². The molecule has 1 saturated heterocycles. The highest BCUT2D eigenvalue weighted by Gasteiger charge is 2.54. The van der Waals surface area contributed by atoms with E-state index in [0.717, 1.165) is 42.2 Å². The summed E-state index contributed by atoms with van der Waals surface area (Å²) in [5.74, 6) is -2.96. The number of benzene rings is 1. The molecule has 1 fully saturated rings. The van der Waals surface area contributed by atoms with Crippen molar-refractivity contribution in [2.45, 2.75) is 88.2 Å². The highest BCUT2D eigenvalue weighted by atomic mass is 16.7. The lowest BCUT2D eigenvalue weighted by atomic mass is 10.0. The molecular formula is C30H38N4O12. The molecule has 0 bridgehead atoms. The number of H-pyrrole nitrogens is 1. The van der Waals surface area contributed by atoms with E-state index >= 15 is 0 Å². The molecule has 2 amide bonds. The van der Waals surface area contributed by atoms with Crippen LogP contribution in [0.1, 0.15) is 45.3 Å². The number of hydrogen-bond acceptors (Lipinski definition) is 12. The van der Waals surface area contributed by atoms with Crippen LogP contribution in [0.5, 0.6) is 0 Å². The summed E-state index contributed by atoms with van der Waals surface area (Å²) in [6.45, 7) is 2.02. The first kappa shape index (κ1) is 34.5. The van der Waals surface area contributed by atoms with Crippen molar-refractivity contribution in [2.24, 2.45) is 5.73 Å². The number of nitrogens with zero attached hydrogens (tertiary/aromatic N) is 1. The number of carbonyl (C=O) groups excluding carboxylic acids is 3. The summed E-state index contributed by atoms with van der Waals surface area (Å²) in [5, 5.41) is 23.7. The Bertz CT molecular complexity index is 1510. The predicted molar refractivity (Wildman–Crippen MR) is 159 cm³/mol. The number of aliphatic hydroxyl groups excluding tert-OH is 2. The first-order chi connectivity index (χ1) is 22.0. The van der Waals surface area contributed by atoms with Crippen molar-refractivity contribution in [3.8, 4) is 0 Å². The average Bonchev–Trinajstić information content (AvgIpc) is 3.37. The lowest BCUT2D eigenvalue weighted by Gasteiger charge is -2.35. The Morgan fingerprint density at radius 3 is 2.48 bits per heavy atom. The van der Waals surface area contributed by atoms with E-state index < -0.39 is 83.9 Å². The number of nitrogens with one attached hydrogen (secondary N) is 2. The molecule has 3 heterocycles. The molecule has 2 aromatic rings. The van der Waals surface area contributed by atoms with Crippen LogP contribution in [0.3, 0.4) is 0 Å². The highest BCUT2D eigenvalue weighted by molar-refractivity contribution is 6.02. The Hall–Kier alpha value is -4.35. The van der Waals surface area contributed by atoms with Gasteiger partial charge in [-0.3, -0.25) is 28.7 Å². The minimum atomic E-state index is -1.82. The Kier molecular flexibility index (Phi) is 11.8. The van der Waals surface area contributed by atoms with E-state index in [2.05, 4.69) is 10.3 Å². The van der Waals surface area contributed by atoms with Gasteiger partial charge in [-0.1, -0.05) is 44.4 Å². The minimum absolute atomic E-state index is 0.0563. The Labute approximate surface area is 263 Å². The van der Waals surface area contributed by atoms with Crippen molar-refractivity contribution < 1.29 is 48.3 Å². The van der Waals surface area contributed by atoms with Gasteiger partial charge in [0, 0.05) is 31.5 Å². The standard InChI is InChI=1S/C30H38N4O12/c1-3-4-5-9-12-20(37)44-25-22(42-2)23(45-28(25)34-14-13-19(36)33-30(34)41)24(26(31)39)46-29-21(38)17(35)15-18(43-29)27(40)32-16-10-7-6-8-11-16/h6-8,10-11,13-15,17,21-25,28-29,35,38H,3-5,9,12H2,1-2H3,(H2,31,39)(H,32,40)(H,33,36,41)/t17-,21-,22+,23-,24?,25+,28+,29+/m0/s1. The van der Waals surface area contributed by atoms with E-state index in [1.807, 2.05) is 6.92 Å². The van der Waals surface area contributed by atoms with Gasteiger partial charge in [-0.05, 0) is 24.6 Å². The molecule has 1 aromatic heterocycles. The number of anilines is 1. The third kappa shape index (κ3) is 8.27. The van der Waals surface area contributed by atoms with Crippen LogP contribution in [0.2, 0.25) is 0 Å². The summed E-state index contributed by atoms with van der Waals surface area (Å²) in [7, 11) is 1.24. The molecule has 16 nitrogen and oxygen atoms in total. The van der Waals surface area contributed by atoms with Gasteiger partial charge in [-0.25, -0.2) is 4.79 Å². The minimum Gasteiger partial charge on any atom is -0.456 e. The molecule has 0 aliphatic carbocycles. The van der Waals surface area contributed by atoms with Gasteiger partial charge in [0.15, 0.2) is 24.2 Å². The number of nitrogens with two attached hydrogens (primary N) is 1. The van der Waals surface area contributed by atoms with Crippen molar-refractivity contribution in [1.29, 1.82) is 0 Å². The maximum absolute atomic E-state index is 12.9. The zero-order valence-corrected chi connectivity index (χ0v) is 25.3. The molecular weight excluding hydrogens is 608 g/mol. The quantitative estimate of drug-likeness (QED) is 0.133. The van der Waals surface area contributed by atoms with Crippen LogP contribution < -0.4 is 22.3 Å². The zero-order chi connectivity index (χ0) is 33.4. The van der Waals surface area contributed by atoms with E-state index in [9.17, 15) is 34.2 Å². The summed E-state index contributed by atoms with van der Waals surface area (Å²) in [5.41, 5.74) is 4.51. The number of methoxy groups -OCH3 is 1. The van der Waals surface area contributed by atoms with Crippen molar-refractivity contribution in [1.82, 2.24) is 9.55 Å². The predicted octanol–water partition coefficient (Wildman–Crippen LogP) is -0.198. The van der Waals surface area contributed by atoms with Crippen LogP contribution in [0.15, 0.2) is 64.0 Å². The summed E-state index contributed by atoms with van der Waals surface area (Å²) in [6, 6.07) is 9.40. The number of para-hydroxylation sites is 1. The molecule has 0 saturated carbocycles. The summed E-state index contributed by atoms with van der Waals surface area (Å²) >= 11 is 0. The van der Waals surface area contributed by atoms with Gasteiger partial charge in [-0.2, -0.15) is 0 Å². The molecule has 6 N–H and O–H groups in total. The maximum atomic E-state index is 12.9. The molecule has 4 rings (SSSR count). The second kappa shape index (κ2) is 15.8. The van der Waals surface area contributed by atoms with E-state index in [-0.39, 0.29) is 6.42 Å². The van der Waals surface area contributed by atoms with Gasteiger partial charge >= 0.3 is 11.7 Å². The van der Waals surface area contributed by atoms with Crippen molar-refractivity contribution in [3.63, 3.8) is 0 Å². The number of hydrogen-bond donors (Lipinski definition) is 5. The maximum Gasteiger partial charge on any atom is 0.330 e. The van der Waals surface area contributed by atoms with Crippen LogP contribution in [0.4, 0.5) is 5.69 Å². The van der Waals surface area contributed by atoms with Gasteiger partial charge in [-0.15, -0.1) is 0 Å². The van der Waals surface area contributed by atoms with Gasteiger partial charge in [0.25, 0.3) is 11.5 Å². The van der Waals surface area contributed by atoms with Crippen molar-refractivity contribution in [2.75, 3.05) is 12.4 Å². The number of rotatable bonds is 14. The Balaban J connectivity index is 1.59. The lowest BCUT2D eigenvalue weighted by Crippen LogP contribution is -2.54. The van der Waals surface area contributed by atoms with E-state index in [0.29, 0.717) is 12.1 Å². The summed E-state index contributed by atoms with van der Waals surface area (Å²) in [6.07, 6.45) is -7.20. The van der Waals surface area contributed by atoms with Crippen LogP contribution in [0.25, 0.3) is 0 Å². The monoisotopic (exact) mass is 646 g/mol. The van der Waals surface area contributed by atoms with E-state index in [1.54, 1.807) is 30.3 Å². The highest BCUT2D eigenvalue weighted by Crippen LogP contribution is 2.36. The second-order valence-electron chi connectivity index (χ2n) is 10.8. The summed E-state index contributed by atoms with van der Waals surface area (Å²) < 4.78 is 29.6. The number of aromatic nitrogens is 2. The molecule has 0 radical (unpaired) electrons. The number of esters is 1. The zero-order valence-electron chi connectivity index (χ0n) is 25.3. The fraction of sp³-hybridized carbons (Fsp3) is 0.500. The molecule has 16 heteroatoms. The summed E-state index contributed by atoms with van der Waals surface area (Å²) in [4.78, 5) is 65.1. The SMILES string of the molecule is CCCCCCC(=O)O[C@@H]1[C@H](OC)[C@@H](C(O[C@H]2OC(C(=O)Nc3ccccc3)=C[C@H](O)[C@@H]2O)C(N)=O)O[C@H]1n1ccc(=O)[nH]c1=O. The van der Waals surface area contributed by atoms with E-state index in [1.165, 1.54) is 7.11 Å². The smallest absolute Gasteiger partial charge is 0.330 e. The first-order valence-corrected chi connectivity index (χ1v) is 14.8. The van der Waals surface area contributed by atoms with Crippen molar-refractivity contribution in [3.05, 3.63) is 75.3 Å². The Morgan fingerprint density at radius 1 is 1.09 bits per heavy atom. The molecule has 8 atom stereocenters. The fourth-order valence-electron chi connectivity index (χ4n) is 5.11. The van der Waals surface area contributed by atoms with Crippen LogP contribution in [-0.2, 0) is 38.1 Å². The van der Waals surface area contributed by atoms with Crippen LogP contribution in [0, 0.1) is 0 Å². The van der Waals surface area contributed by atoms with Gasteiger partial charge in [0.05, 0.1) is 0 Å². The molecule has 1 aromatic carbocycles. The normalized spacial score (nSPS) is 26.4. The van der Waals surface area contributed by atoms with Gasteiger partial charge < -0.3 is 44.9 Å². The third-order valence-corrected chi connectivity index (χ3v) is 7.43. The molecule has 0 spiro atoms. The molecule has 2 aliphatic rings. The van der Waals surface area contributed by atoms with Crippen molar-refractivity contribution >= 4 is 23.5 Å². The number of amides is 2. The van der Waals surface area contributed by atoms with Gasteiger partial charge in [0.1, 0.15) is 24.4 Å². The molecule has 46 heavy (non-hydrogen) atoms. The number of aromatic amines is 1. The lowest BCUT2D eigenvalue weighted by molar-refractivity contribution is -0.241. The van der Waals surface area contributed by atoms with Crippen LogP contribution in [-0.4, -0.2) is 87.6 Å².